The van der Waals surface area contributed by atoms with E-state index in [4.69, 9.17) is 13.9 Å². The molecule has 0 spiro atoms. The predicted molar refractivity (Wildman–Crippen MR) is 124 cm³/mol. The summed E-state index contributed by atoms with van der Waals surface area (Å²) in [6.45, 7) is 5.06. The van der Waals surface area contributed by atoms with E-state index < -0.39 is 0 Å². The molecule has 0 saturated heterocycles. The first kappa shape index (κ1) is 21.4. The summed E-state index contributed by atoms with van der Waals surface area (Å²) in [5.41, 5.74) is 2.66. The monoisotopic (exact) mass is 464 g/mol. The molecule has 4 heterocycles. The number of aromatic nitrogens is 4. The normalized spacial score (nSPS) is 15.1. The van der Waals surface area contributed by atoms with Crippen molar-refractivity contribution >= 4 is 17.5 Å². The van der Waals surface area contributed by atoms with Crippen LogP contribution in [0.3, 0.4) is 0 Å². The molecule has 0 radical (unpaired) electrons. The fourth-order valence-corrected chi connectivity index (χ4v) is 4.78. The first-order chi connectivity index (χ1) is 16.0. The lowest BCUT2D eigenvalue weighted by molar-refractivity contribution is 0.0777. The van der Waals surface area contributed by atoms with Crippen LogP contribution in [0.4, 0.5) is 0 Å². The molecule has 8 nitrogen and oxygen atoms in total. The molecule has 5 rings (SSSR count). The molecule has 1 aliphatic heterocycles. The third-order valence-corrected chi connectivity index (χ3v) is 6.76. The Hall–Kier alpha value is -3.46. The average Bonchev–Trinajstić information content (AvgIpc) is 3.54. The smallest absolute Gasteiger partial charge is 0.200 e. The maximum absolute atomic E-state index is 13.0. The van der Waals surface area contributed by atoms with Gasteiger partial charge in [-0.2, -0.15) is 0 Å². The first-order valence-corrected chi connectivity index (χ1v) is 11.6. The first-order valence-electron chi connectivity index (χ1n) is 10.7. The molecular weight excluding hydrogens is 440 g/mol. The van der Waals surface area contributed by atoms with E-state index in [1.807, 2.05) is 61.9 Å². The number of rotatable bonds is 7. The standard InChI is InChI=1S/C24H24N4O4S/c1-15-11-18(16(2)28(15)12-17-13-31-20-7-4-5-8-21(20)32-17)19(29)14-33-24-26-25-23(27(24)3)22-9-6-10-30-22/h4-11,17H,12-14H2,1-3H3/t17-/m0/s1. The van der Waals surface area contributed by atoms with Crippen LogP contribution in [-0.4, -0.2) is 43.6 Å². The van der Waals surface area contributed by atoms with Crippen LogP contribution in [0.1, 0.15) is 21.7 Å². The Labute approximate surface area is 195 Å². The molecule has 0 bridgehead atoms. The van der Waals surface area contributed by atoms with Crippen molar-refractivity contribution in [1.82, 2.24) is 19.3 Å². The van der Waals surface area contributed by atoms with Gasteiger partial charge >= 0.3 is 0 Å². The maximum atomic E-state index is 13.0. The molecule has 0 amide bonds. The molecule has 0 aliphatic carbocycles. The Morgan fingerprint density at radius 2 is 1.97 bits per heavy atom. The number of ketones is 1. The maximum Gasteiger partial charge on any atom is 0.200 e. The van der Waals surface area contributed by atoms with E-state index in [2.05, 4.69) is 14.8 Å². The Morgan fingerprint density at radius 1 is 1.15 bits per heavy atom. The second kappa shape index (κ2) is 8.82. The second-order valence-electron chi connectivity index (χ2n) is 7.95. The molecule has 4 aromatic rings. The SMILES string of the molecule is Cc1cc(C(=O)CSc2nnc(-c3ccco3)n2C)c(C)n1C[C@H]1COc2ccccc2O1. The molecule has 9 heteroatoms. The largest absolute Gasteiger partial charge is 0.486 e. The van der Waals surface area contributed by atoms with Gasteiger partial charge < -0.3 is 23.0 Å². The second-order valence-corrected chi connectivity index (χ2v) is 8.89. The van der Waals surface area contributed by atoms with Crippen molar-refractivity contribution in [2.24, 2.45) is 7.05 Å². The van der Waals surface area contributed by atoms with Gasteiger partial charge in [-0.3, -0.25) is 4.79 Å². The number of carbonyl (C=O) groups excluding carboxylic acids is 1. The predicted octanol–water partition coefficient (Wildman–Crippen LogP) is 4.31. The number of benzene rings is 1. The van der Waals surface area contributed by atoms with Crippen molar-refractivity contribution in [2.45, 2.75) is 31.7 Å². The Bertz CT molecular complexity index is 1290. The fourth-order valence-electron chi connectivity index (χ4n) is 3.99. The average molecular weight is 465 g/mol. The number of Topliss-reactive ketones (excluding diaryl/α,β-unsaturated/α-hetero) is 1. The van der Waals surface area contributed by atoms with Gasteiger partial charge in [0.05, 0.1) is 18.6 Å². The Balaban J connectivity index is 1.26. The zero-order valence-corrected chi connectivity index (χ0v) is 19.5. The van der Waals surface area contributed by atoms with Gasteiger partial charge in [0, 0.05) is 24.0 Å². The third-order valence-electron chi connectivity index (χ3n) is 5.74. The van der Waals surface area contributed by atoms with Crippen LogP contribution in [0.25, 0.3) is 11.6 Å². The number of hydrogen-bond donors (Lipinski definition) is 0. The number of fused-ring (bicyclic) bond motifs is 1. The van der Waals surface area contributed by atoms with Crippen LogP contribution >= 0.6 is 11.8 Å². The quantitative estimate of drug-likeness (QED) is 0.298. The number of aryl methyl sites for hydroxylation is 1. The van der Waals surface area contributed by atoms with E-state index in [9.17, 15) is 4.79 Å². The molecule has 0 N–H and O–H groups in total. The van der Waals surface area contributed by atoms with Crippen LogP contribution < -0.4 is 9.47 Å². The van der Waals surface area contributed by atoms with Crippen molar-refractivity contribution in [3.63, 3.8) is 0 Å². The number of ether oxygens (including phenoxy) is 2. The lowest BCUT2D eigenvalue weighted by Gasteiger charge is -2.27. The van der Waals surface area contributed by atoms with Gasteiger partial charge in [0.1, 0.15) is 6.61 Å². The van der Waals surface area contributed by atoms with Crippen LogP contribution in [0, 0.1) is 13.8 Å². The number of furan rings is 1. The van der Waals surface area contributed by atoms with Gasteiger partial charge in [0.15, 0.2) is 40.1 Å². The molecular formula is C24H24N4O4S. The lowest BCUT2D eigenvalue weighted by atomic mass is 10.2. The number of carbonyl (C=O) groups is 1. The van der Waals surface area contributed by atoms with E-state index in [1.54, 1.807) is 12.3 Å². The van der Waals surface area contributed by atoms with Crippen LogP contribution in [0.2, 0.25) is 0 Å². The zero-order chi connectivity index (χ0) is 22.9. The van der Waals surface area contributed by atoms with E-state index in [1.165, 1.54) is 11.8 Å². The van der Waals surface area contributed by atoms with Crippen LogP contribution in [0.5, 0.6) is 11.5 Å². The van der Waals surface area contributed by atoms with Crippen LogP contribution in [-0.2, 0) is 13.6 Å². The minimum absolute atomic E-state index is 0.0491. The number of thioether (sulfide) groups is 1. The Morgan fingerprint density at radius 3 is 2.76 bits per heavy atom. The molecule has 0 saturated carbocycles. The highest BCUT2D eigenvalue weighted by Crippen LogP contribution is 2.32. The van der Waals surface area contributed by atoms with Crippen molar-refractivity contribution in [3.05, 3.63) is 65.7 Å². The minimum atomic E-state index is -0.124. The lowest BCUT2D eigenvalue weighted by Crippen LogP contribution is -2.33. The number of para-hydroxylation sites is 2. The van der Waals surface area contributed by atoms with E-state index >= 15 is 0 Å². The van der Waals surface area contributed by atoms with Crippen molar-refractivity contribution in [3.8, 4) is 23.1 Å². The molecule has 1 atom stereocenters. The van der Waals surface area contributed by atoms with Crippen molar-refractivity contribution < 1.29 is 18.7 Å². The van der Waals surface area contributed by atoms with Gasteiger partial charge in [-0.05, 0) is 44.2 Å². The summed E-state index contributed by atoms with van der Waals surface area (Å²) in [4.78, 5) is 13.0. The molecule has 1 aliphatic rings. The van der Waals surface area contributed by atoms with Gasteiger partial charge in [-0.25, -0.2) is 0 Å². The summed E-state index contributed by atoms with van der Waals surface area (Å²) in [7, 11) is 1.86. The van der Waals surface area contributed by atoms with Crippen LogP contribution in [0.15, 0.2) is 58.3 Å². The summed E-state index contributed by atoms with van der Waals surface area (Å²) in [6, 6.07) is 13.3. The fraction of sp³-hybridized carbons (Fsp3) is 0.292. The minimum Gasteiger partial charge on any atom is -0.486 e. The molecule has 3 aromatic heterocycles. The number of nitrogens with zero attached hydrogens (tertiary/aromatic N) is 4. The summed E-state index contributed by atoms with van der Waals surface area (Å²) in [6.07, 6.45) is 1.47. The summed E-state index contributed by atoms with van der Waals surface area (Å²) >= 11 is 1.36. The highest BCUT2D eigenvalue weighted by atomic mass is 32.2. The summed E-state index contributed by atoms with van der Waals surface area (Å²) in [5, 5.41) is 9.05. The van der Waals surface area contributed by atoms with E-state index in [0.717, 1.165) is 22.9 Å². The van der Waals surface area contributed by atoms with Gasteiger partial charge in [0.2, 0.25) is 0 Å². The third kappa shape index (κ3) is 4.16. The molecule has 33 heavy (non-hydrogen) atoms. The Kier molecular flexibility index (Phi) is 5.72. The highest BCUT2D eigenvalue weighted by molar-refractivity contribution is 7.99. The van der Waals surface area contributed by atoms with Crippen molar-refractivity contribution in [1.29, 1.82) is 0 Å². The molecule has 0 fully saturated rings. The van der Waals surface area contributed by atoms with Gasteiger partial charge in [-0.15, -0.1) is 10.2 Å². The summed E-state index contributed by atoms with van der Waals surface area (Å²) in [5.74, 6) is 3.11. The highest BCUT2D eigenvalue weighted by Gasteiger charge is 2.24. The molecule has 170 valence electrons. The van der Waals surface area contributed by atoms with Crippen molar-refractivity contribution in [2.75, 3.05) is 12.4 Å². The molecule has 0 unspecified atom stereocenters. The van der Waals surface area contributed by atoms with E-state index in [-0.39, 0.29) is 17.6 Å². The summed E-state index contributed by atoms with van der Waals surface area (Å²) < 4.78 is 21.3. The molecule has 1 aromatic carbocycles. The van der Waals surface area contributed by atoms with Gasteiger partial charge in [0.25, 0.3) is 0 Å². The zero-order valence-electron chi connectivity index (χ0n) is 18.6. The number of hydrogen-bond acceptors (Lipinski definition) is 7. The van der Waals surface area contributed by atoms with E-state index in [0.29, 0.717) is 35.5 Å². The van der Waals surface area contributed by atoms with Gasteiger partial charge in [-0.1, -0.05) is 23.9 Å². The topological polar surface area (TPSA) is 84.3 Å².